The van der Waals surface area contributed by atoms with Crippen LogP contribution >= 0.6 is 0 Å². The zero-order valence-electron chi connectivity index (χ0n) is 5.03. The van der Waals surface area contributed by atoms with Crippen molar-refractivity contribution in [3.05, 3.63) is 30.6 Å². The molecule has 0 unspecified atom stereocenters. The molecular weight excluding hydrogens is 133 g/mol. The molecule has 0 aliphatic carbocycles. The molecule has 0 amide bonds. The molecule has 0 aliphatic rings. The zero-order valence-corrected chi connectivity index (χ0v) is 5.03. The van der Waals surface area contributed by atoms with Crippen LogP contribution in [0.4, 0.5) is 4.39 Å². The number of fused-ring (bicyclic) bond motifs is 1. The summed E-state index contributed by atoms with van der Waals surface area (Å²) >= 11 is 0. The molecule has 0 bridgehead atoms. The molecule has 2 rings (SSSR count). The van der Waals surface area contributed by atoms with Crippen molar-refractivity contribution in [1.29, 1.82) is 0 Å². The van der Waals surface area contributed by atoms with Crippen LogP contribution in [0.1, 0.15) is 0 Å². The van der Waals surface area contributed by atoms with Crippen molar-refractivity contribution in [3.63, 3.8) is 0 Å². The maximum absolute atomic E-state index is 12.7. The van der Waals surface area contributed by atoms with Gasteiger partial charge in [0, 0.05) is 24.7 Å². The summed E-state index contributed by atoms with van der Waals surface area (Å²) in [4.78, 5) is 7.61. The number of imidazole rings is 1. The number of hydrogen-bond acceptors (Lipinski definition) is 2. The Bertz CT molecular complexity index is 355. The lowest BCUT2D eigenvalue weighted by atomic mass is 10.6. The van der Waals surface area contributed by atoms with Gasteiger partial charge in [0.05, 0.1) is 0 Å². The molecule has 2 aromatic heterocycles. The van der Waals surface area contributed by atoms with Gasteiger partial charge >= 0.3 is 0 Å². The van der Waals surface area contributed by atoms with Crippen molar-refractivity contribution in [1.82, 2.24) is 14.4 Å². The lowest BCUT2D eigenvalue weighted by Gasteiger charge is -1.90. The van der Waals surface area contributed by atoms with Gasteiger partial charge in [-0.3, -0.25) is 4.40 Å². The van der Waals surface area contributed by atoms with E-state index in [9.17, 15) is 4.39 Å². The fourth-order valence-electron chi connectivity index (χ4n) is 0.804. The molecule has 0 atom stereocenters. The fourth-order valence-corrected chi connectivity index (χ4v) is 0.804. The summed E-state index contributed by atoms with van der Waals surface area (Å²) in [6, 6.07) is 1.29. The van der Waals surface area contributed by atoms with Crippen LogP contribution < -0.4 is 0 Å². The minimum absolute atomic E-state index is 0.345. The zero-order chi connectivity index (χ0) is 6.97. The van der Waals surface area contributed by atoms with E-state index in [1.807, 2.05) is 0 Å². The molecular formula is C6H4FN3. The van der Waals surface area contributed by atoms with Crippen molar-refractivity contribution >= 4 is 5.78 Å². The molecule has 4 heteroatoms. The molecule has 3 nitrogen and oxygen atoms in total. The first-order valence-corrected chi connectivity index (χ1v) is 2.81. The van der Waals surface area contributed by atoms with Crippen LogP contribution in [-0.2, 0) is 0 Å². The summed E-state index contributed by atoms with van der Waals surface area (Å²) in [5, 5.41) is 0. The monoisotopic (exact) mass is 137 g/mol. The second-order valence-electron chi connectivity index (χ2n) is 1.86. The maximum atomic E-state index is 12.7. The molecule has 0 N–H and O–H groups in total. The first kappa shape index (κ1) is 5.34. The standard InChI is InChI=1S/C6H4FN3/c7-5-1-2-8-6-9-3-4-10(5)6/h1-4H. The summed E-state index contributed by atoms with van der Waals surface area (Å²) in [5.74, 6) is 0.0440. The maximum Gasteiger partial charge on any atom is 0.235 e. The third-order valence-corrected chi connectivity index (χ3v) is 1.25. The average molecular weight is 137 g/mol. The van der Waals surface area contributed by atoms with Crippen LogP contribution in [-0.4, -0.2) is 14.4 Å². The molecule has 0 saturated carbocycles. The predicted molar refractivity (Wildman–Crippen MR) is 32.9 cm³/mol. The number of aromatic nitrogens is 3. The normalized spacial score (nSPS) is 10.5. The van der Waals surface area contributed by atoms with Crippen LogP contribution in [0.15, 0.2) is 24.7 Å². The Balaban J connectivity index is 2.95. The van der Waals surface area contributed by atoms with Gasteiger partial charge in [0.15, 0.2) is 0 Å². The highest BCUT2D eigenvalue weighted by atomic mass is 19.1. The number of nitrogens with zero attached hydrogens (tertiary/aromatic N) is 3. The minimum Gasteiger partial charge on any atom is -0.260 e. The third kappa shape index (κ3) is 0.586. The number of halogens is 1. The first-order valence-electron chi connectivity index (χ1n) is 2.81. The fraction of sp³-hybridized carbons (Fsp3) is 0. The van der Waals surface area contributed by atoms with E-state index in [1.165, 1.54) is 29.1 Å². The summed E-state index contributed by atoms with van der Waals surface area (Å²) < 4.78 is 14.0. The average Bonchev–Trinajstić information content (AvgIpc) is 2.36. The lowest BCUT2D eigenvalue weighted by molar-refractivity contribution is 0.564. The number of rotatable bonds is 0. The quantitative estimate of drug-likeness (QED) is 0.504. The molecule has 0 radical (unpaired) electrons. The van der Waals surface area contributed by atoms with Crippen molar-refractivity contribution in [2.24, 2.45) is 0 Å². The summed E-state index contributed by atoms with van der Waals surface area (Å²) in [5.41, 5.74) is 0. The Hall–Kier alpha value is -1.45. The minimum atomic E-state index is -0.345. The van der Waals surface area contributed by atoms with Gasteiger partial charge in [-0.1, -0.05) is 0 Å². The van der Waals surface area contributed by atoms with Gasteiger partial charge in [0.2, 0.25) is 11.7 Å². The van der Waals surface area contributed by atoms with E-state index >= 15 is 0 Å². The number of hydrogen-bond donors (Lipinski definition) is 0. The summed E-state index contributed by atoms with van der Waals surface area (Å²) in [6.45, 7) is 0. The van der Waals surface area contributed by atoms with Crippen LogP contribution in [0.25, 0.3) is 5.78 Å². The van der Waals surface area contributed by atoms with Crippen LogP contribution in [0.3, 0.4) is 0 Å². The lowest BCUT2D eigenvalue weighted by Crippen LogP contribution is -1.91. The van der Waals surface area contributed by atoms with Gasteiger partial charge in [0.25, 0.3) is 0 Å². The van der Waals surface area contributed by atoms with Crippen LogP contribution in [0, 0.1) is 5.95 Å². The Morgan fingerprint density at radius 1 is 1.30 bits per heavy atom. The van der Waals surface area contributed by atoms with Crippen LogP contribution in [0.2, 0.25) is 0 Å². The Morgan fingerprint density at radius 2 is 2.10 bits per heavy atom. The molecule has 2 aromatic rings. The van der Waals surface area contributed by atoms with Gasteiger partial charge in [-0.05, 0) is 0 Å². The van der Waals surface area contributed by atoms with E-state index in [0.717, 1.165) is 0 Å². The largest absolute Gasteiger partial charge is 0.260 e. The smallest absolute Gasteiger partial charge is 0.235 e. The van der Waals surface area contributed by atoms with E-state index in [0.29, 0.717) is 5.78 Å². The van der Waals surface area contributed by atoms with Gasteiger partial charge < -0.3 is 0 Å². The van der Waals surface area contributed by atoms with Gasteiger partial charge in [-0.25, -0.2) is 9.97 Å². The van der Waals surface area contributed by atoms with Crippen LogP contribution in [0.5, 0.6) is 0 Å². The molecule has 10 heavy (non-hydrogen) atoms. The van der Waals surface area contributed by atoms with Crippen molar-refractivity contribution in [2.75, 3.05) is 0 Å². The molecule has 0 aromatic carbocycles. The predicted octanol–water partition coefficient (Wildman–Crippen LogP) is 0.868. The second kappa shape index (κ2) is 1.76. The SMILES string of the molecule is Fc1ccnc2nccn12. The third-order valence-electron chi connectivity index (χ3n) is 1.25. The van der Waals surface area contributed by atoms with Gasteiger partial charge in [-0.2, -0.15) is 4.39 Å². The Labute approximate surface area is 56.2 Å². The first-order chi connectivity index (χ1) is 4.88. The summed E-state index contributed by atoms with van der Waals surface area (Å²) in [6.07, 6.45) is 4.42. The summed E-state index contributed by atoms with van der Waals surface area (Å²) in [7, 11) is 0. The van der Waals surface area contributed by atoms with Gasteiger partial charge in [0.1, 0.15) is 0 Å². The van der Waals surface area contributed by atoms with Crippen molar-refractivity contribution < 1.29 is 4.39 Å². The van der Waals surface area contributed by atoms with E-state index in [1.54, 1.807) is 0 Å². The highest BCUT2D eigenvalue weighted by Crippen LogP contribution is 1.98. The Kier molecular flexibility index (Phi) is 0.943. The van der Waals surface area contributed by atoms with E-state index in [-0.39, 0.29) is 5.95 Å². The van der Waals surface area contributed by atoms with E-state index in [4.69, 9.17) is 0 Å². The molecule has 2 heterocycles. The second-order valence-corrected chi connectivity index (χ2v) is 1.86. The van der Waals surface area contributed by atoms with Crippen molar-refractivity contribution in [3.8, 4) is 0 Å². The molecule has 0 spiro atoms. The van der Waals surface area contributed by atoms with Gasteiger partial charge in [-0.15, -0.1) is 0 Å². The molecule has 0 aliphatic heterocycles. The molecule has 0 saturated heterocycles. The highest BCUT2D eigenvalue weighted by Gasteiger charge is 1.97. The van der Waals surface area contributed by atoms with E-state index in [2.05, 4.69) is 9.97 Å². The highest BCUT2D eigenvalue weighted by molar-refractivity contribution is 5.26. The molecule has 0 fully saturated rings. The van der Waals surface area contributed by atoms with Crippen molar-refractivity contribution in [2.45, 2.75) is 0 Å². The topological polar surface area (TPSA) is 30.2 Å². The molecule has 50 valence electrons. The Morgan fingerprint density at radius 3 is 2.90 bits per heavy atom. The van der Waals surface area contributed by atoms with E-state index < -0.39 is 0 Å².